The molecule has 2 aliphatic rings. The Morgan fingerprint density at radius 3 is 2.04 bits per heavy atom. The van der Waals surface area contributed by atoms with Gasteiger partial charge in [0.2, 0.25) is 0 Å². The van der Waals surface area contributed by atoms with Crippen LogP contribution >= 0.6 is 0 Å². The van der Waals surface area contributed by atoms with Gasteiger partial charge in [0.1, 0.15) is 0 Å². The lowest BCUT2D eigenvalue weighted by Gasteiger charge is -2.51. The average molecular weight is 753 g/mol. The molecule has 50 heavy (non-hydrogen) atoms. The molecule has 2 aliphatic carbocycles. The van der Waals surface area contributed by atoms with Crippen LogP contribution in [-0.4, -0.2) is 63.9 Å². The molecule has 0 saturated heterocycles. The molecule has 0 bridgehead atoms. The summed E-state index contributed by atoms with van der Waals surface area (Å²) in [6.07, 6.45) is 6.66. The van der Waals surface area contributed by atoms with E-state index < -0.39 is 43.4 Å². The molecule has 4 unspecified atom stereocenters. The number of fused-ring (bicyclic) bond motifs is 1. The molecule has 9 heteroatoms. The first-order valence-electron chi connectivity index (χ1n) is 20.0. The van der Waals surface area contributed by atoms with Crippen molar-refractivity contribution >= 4 is 26.5 Å². The van der Waals surface area contributed by atoms with Crippen molar-refractivity contribution in [3.05, 3.63) is 30.3 Å². The predicted molar refractivity (Wildman–Crippen MR) is 214 cm³/mol. The first kappa shape index (κ1) is 43.8. The van der Waals surface area contributed by atoms with Crippen LogP contribution in [0.3, 0.4) is 0 Å². The number of benzene rings is 1. The molecule has 6 nitrogen and oxygen atoms in total. The zero-order valence-electron chi connectivity index (χ0n) is 34.3. The number of aliphatic hydroxyl groups is 2. The zero-order valence-corrected chi connectivity index (χ0v) is 37.1. The van der Waals surface area contributed by atoms with E-state index >= 15 is 0 Å². The van der Waals surface area contributed by atoms with E-state index in [2.05, 4.69) is 75.4 Å². The molecule has 2 N–H and O–H groups in total. The fourth-order valence-corrected chi connectivity index (χ4v) is 16.1. The zero-order chi connectivity index (χ0) is 38.0. The van der Waals surface area contributed by atoms with Gasteiger partial charge in [0, 0.05) is 6.10 Å². The van der Waals surface area contributed by atoms with Gasteiger partial charge in [-0.3, -0.25) is 0 Å². The van der Waals surface area contributed by atoms with Crippen molar-refractivity contribution < 1.29 is 27.5 Å². The first-order chi connectivity index (χ1) is 22.9. The van der Waals surface area contributed by atoms with Crippen molar-refractivity contribution in [2.75, 3.05) is 0 Å². The van der Waals surface area contributed by atoms with Gasteiger partial charge in [-0.05, 0) is 144 Å². The van der Waals surface area contributed by atoms with Crippen molar-refractivity contribution in [1.82, 2.24) is 0 Å². The summed E-state index contributed by atoms with van der Waals surface area (Å²) in [5, 5.41) is 21.7. The third-order valence-electron chi connectivity index (χ3n) is 13.9. The van der Waals surface area contributed by atoms with Crippen LogP contribution in [0.1, 0.15) is 134 Å². The van der Waals surface area contributed by atoms with Gasteiger partial charge in [-0.1, -0.05) is 79.5 Å². The predicted octanol–water partition coefficient (Wildman–Crippen LogP) is 10.5. The molecule has 290 valence electrons. The van der Waals surface area contributed by atoms with Gasteiger partial charge in [0.25, 0.3) is 0 Å². The molecular weight excluding hydrogens is 677 g/mol. The van der Waals surface area contributed by atoms with Gasteiger partial charge in [-0.2, -0.15) is 0 Å². The Balaban J connectivity index is 2.09. The first-order valence-corrected chi connectivity index (χ1v) is 27.0. The van der Waals surface area contributed by atoms with E-state index in [1.54, 1.807) is 38.1 Å². The molecule has 0 aliphatic heterocycles. The molecule has 1 aromatic carbocycles. The van der Waals surface area contributed by atoms with Gasteiger partial charge < -0.3 is 19.1 Å². The van der Waals surface area contributed by atoms with E-state index in [-0.39, 0.29) is 40.4 Å². The fraction of sp³-hybridized carbons (Fsp3) is 0.854. The van der Waals surface area contributed by atoms with Crippen molar-refractivity contribution in [1.29, 1.82) is 0 Å². The maximum Gasteiger partial charge on any atom is 0.192 e. The van der Waals surface area contributed by atoms with E-state index in [0.29, 0.717) is 10.8 Å². The number of sulfone groups is 1. The minimum atomic E-state index is -3.85. The Labute approximate surface area is 310 Å². The van der Waals surface area contributed by atoms with Gasteiger partial charge in [-0.25, -0.2) is 8.42 Å². The van der Waals surface area contributed by atoms with E-state index in [0.717, 1.165) is 69.5 Å². The number of hydrogen-bond donors (Lipinski definition) is 2. The Hall–Kier alpha value is -0.556. The van der Waals surface area contributed by atoms with E-state index in [1.165, 1.54) is 0 Å². The molecule has 3 rings (SSSR count). The van der Waals surface area contributed by atoms with Crippen LogP contribution in [0.4, 0.5) is 0 Å². The molecule has 1 aromatic rings. The minimum Gasteiger partial charge on any atom is -0.414 e. The Morgan fingerprint density at radius 1 is 0.940 bits per heavy atom. The summed E-state index contributed by atoms with van der Waals surface area (Å²) in [4.78, 5) is 0.300. The van der Waals surface area contributed by atoms with Gasteiger partial charge in [0.05, 0.1) is 27.5 Å². The highest BCUT2D eigenvalue weighted by atomic mass is 32.2. The quantitative estimate of drug-likeness (QED) is 0.145. The third kappa shape index (κ3) is 9.94. The standard InChI is InChI=1S/C41H76O6SSi2/c1-14-50(15-2,16-3)47-39(7,8)28-20-24-32(36(30-37(42)40(9,10)43)48(44,45)31-22-18-17-19-23-31)33-26-27-34-35(25-21-29-41(33,34)11)46-49(12,13)38(4,5)6/h17-19,22-23,32-37,42-43H,14-16,20-21,24-30H2,1-13H3/t32-,33?,34?,35+,36?,37?,41-/m1/s1. The SMILES string of the molecule is CC[Si](CC)(CC)OC(C)(C)CCC[C@H](C1CCC2[C@@H](O[Si](C)(C)C(C)(C)C)CCC[C@]12C)C(CC(O)C(C)(C)O)S(=O)(=O)c1ccccc1. The fourth-order valence-electron chi connectivity index (χ4n) is 9.40. The van der Waals surface area contributed by atoms with Gasteiger partial charge >= 0.3 is 0 Å². The molecule has 2 saturated carbocycles. The summed E-state index contributed by atoms with van der Waals surface area (Å²) in [5.41, 5.74) is -1.79. The maximum absolute atomic E-state index is 14.9. The summed E-state index contributed by atoms with van der Waals surface area (Å²) in [7, 11) is -7.70. The Bertz CT molecular complexity index is 1310. The summed E-state index contributed by atoms with van der Waals surface area (Å²) < 4.78 is 43.9. The van der Waals surface area contributed by atoms with E-state index in [1.807, 2.05) is 6.07 Å². The molecule has 0 radical (unpaired) electrons. The van der Waals surface area contributed by atoms with Crippen LogP contribution in [0, 0.1) is 23.2 Å². The lowest BCUT2D eigenvalue weighted by molar-refractivity contribution is -0.0583. The minimum absolute atomic E-state index is 0.00393. The molecule has 0 spiro atoms. The van der Waals surface area contributed by atoms with Crippen LogP contribution in [0.5, 0.6) is 0 Å². The molecule has 0 amide bonds. The number of rotatable bonds is 18. The van der Waals surface area contributed by atoms with E-state index in [9.17, 15) is 18.6 Å². The Kier molecular flexibility index (Phi) is 14.4. The smallest absolute Gasteiger partial charge is 0.192 e. The summed E-state index contributed by atoms with van der Waals surface area (Å²) in [5.74, 6) is 0.359. The van der Waals surface area contributed by atoms with Crippen LogP contribution in [-0.2, 0) is 18.7 Å². The Morgan fingerprint density at radius 2 is 1.52 bits per heavy atom. The number of hydrogen-bond acceptors (Lipinski definition) is 6. The van der Waals surface area contributed by atoms with Crippen molar-refractivity contribution in [2.24, 2.45) is 23.2 Å². The monoisotopic (exact) mass is 752 g/mol. The second-order valence-electron chi connectivity index (χ2n) is 19.1. The van der Waals surface area contributed by atoms with Crippen LogP contribution in [0.2, 0.25) is 36.3 Å². The van der Waals surface area contributed by atoms with Gasteiger partial charge in [-0.15, -0.1) is 0 Å². The highest BCUT2D eigenvalue weighted by Crippen LogP contribution is 2.61. The van der Waals surface area contributed by atoms with Crippen molar-refractivity contribution in [3.63, 3.8) is 0 Å². The highest BCUT2D eigenvalue weighted by Gasteiger charge is 2.57. The molecular formula is C41H76O6SSi2. The maximum atomic E-state index is 14.9. The third-order valence-corrected chi connectivity index (χ3v) is 25.5. The largest absolute Gasteiger partial charge is 0.414 e. The van der Waals surface area contributed by atoms with E-state index in [4.69, 9.17) is 8.85 Å². The molecule has 0 aromatic heterocycles. The second-order valence-corrected chi connectivity index (χ2v) is 30.7. The summed E-state index contributed by atoms with van der Waals surface area (Å²) in [6.45, 7) is 28.5. The lowest BCUT2D eigenvalue weighted by Crippen LogP contribution is -2.51. The van der Waals surface area contributed by atoms with Crippen molar-refractivity contribution in [2.45, 2.75) is 204 Å². The molecule has 7 atom stereocenters. The summed E-state index contributed by atoms with van der Waals surface area (Å²) >= 11 is 0. The van der Waals surface area contributed by atoms with Gasteiger partial charge in [0.15, 0.2) is 26.5 Å². The van der Waals surface area contributed by atoms with Crippen LogP contribution in [0.15, 0.2) is 35.2 Å². The lowest BCUT2D eigenvalue weighted by atomic mass is 9.60. The average Bonchev–Trinajstić information content (AvgIpc) is 3.37. The molecule has 2 fully saturated rings. The highest BCUT2D eigenvalue weighted by molar-refractivity contribution is 7.92. The van der Waals surface area contributed by atoms with Crippen LogP contribution in [0.25, 0.3) is 0 Å². The van der Waals surface area contributed by atoms with Crippen LogP contribution < -0.4 is 0 Å². The number of aliphatic hydroxyl groups excluding tert-OH is 1. The normalized spacial score (nSPS) is 26.0. The summed E-state index contributed by atoms with van der Waals surface area (Å²) in [6, 6.07) is 12.1. The van der Waals surface area contributed by atoms with Crippen molar-refractivity contribution in [3.8, 4) is 0 Å². The second kappa shape index (κ2) is 16.4. The topological polar surface area (TPSA) is 93.1 Å². The molecule has 0 heterocycles.